The average molecular weight is 302 g/mol. The van der Waals surface area contributed by atoms with Gasteiger partial charge < -0.3 is 20.5 Å². The van der Waals surface area contributed by atoms with Crippen LogP contribution in [-0.4, -0.2) is 25.7 Å². The van der Waals surface area contributed by atoms with Crippen molar-refractivity contribution >= 4 is 5.91 Å². The zero-order valence-electron chi connectivity index (χ0n) is 12.2. The quantitative estimate of drug-likeness (QED) is 0.769. The Morgan fingerprint density at radius 3 is 2.52 bits per heavy atom. The largest absolute Gasteiger partial charge is 0.493 e. The molecular formula is C14H20F2N2O3. The standard InChI is InChI=1S/C14H20F2N2O3/c1-8(2)11(13(17)19)18-7-9-5-4-6-10(20-3)12(9)21-14(15)16/h4-6,8,11,14,18H,7H2,1-3H3,(H2,17,19). The molecule has 1 unspecified atom stereocenters. The monoisotopic (exact) mass is 302 g/mol. The van der Waals surface area contributed by atoms with Gasteiger partial charge in [0.05, 0.1) is 13.2 Å². The molecule has 0 spiro atoms. The van der Waals surface area contributed by atoms with Gasteiger partial charge in [-0.1, -0.05) is 26.0 Å². The van der Waals surface area contributed by atoms with Gasteiger partial charge in [-0.3, -0.25) is 4.79 Å². The number of primary amides is 1. The molecule has 1 aromatic carbocycles. The van der Waals surface area contributed by atoms with Crippen molar-refractivity contribution < 1.29 is 23.0 Å². The second-order valence-corrected chi connectivity index (χ2v) is 4.83. The van der Waals surface area contributed by atoms with Gasteiger partial charge in [-0.15, -0.1) is 0 Å². The van der Waals surface area contributed by atoms with Crippen molar-refractivity contribution in [1.29, 1.82) is 0 Å². The summed E-state index contributed by atoms with van der Waals surface area (Å²) in [5, 5.41) is 2.94. The third kappa shape index (κ3) is 4.86. The smallest absolute Gasteiger partial charge is 0.387 e. The molecule has 0 aromatic heterocycles. The van der Waals surface area contributed by atoms with Gasteiger partial charge in [-0.25, -0.2) is 0 Å². The molecule has 0 radical (unpaired) electrons. The van der Waals surface area contributed by atoms with Crippen molar-refractivity contribution in [2.24, 2.45) is 11.7 Å². The Bertz CT molecular complexity index is 481. The Balaban J connectivity index is 2.94. The van der Waals surface area contributed by atoms with Crippen LogP contribution in [0.5, 0.6) is 11.5 Å². The number of carbonyl (C=O) groups is 1. The number of nitrogens with two attached hydrogens (primary N) is 1. The predicted octanol–water partition coefficient (Wildman–Crippen LogP) is 1.90. The van der Waals surface area contributed by atoms with E-state index in [0.29, 0.717) is 5.56 Å². The summed E-state index contributed by atoms with van der Waals surface area (Å²) in [6.45, 7) is 0.872. The number of alkyl halides is 2. The molecule has 0 aliphatic heterocycles. The topological polar surface area (TPSA) is 73.6 Å². The maximum absolute atomic E-state index is 12.5. The Morgan fingerprint density at radius 1 is 1.38 bits per heavy atom. The molecule has 118 valence electrons. The summed E-state index contributed by atoms with van der Waals surface area (Å²) in [6, 6.07) is 4.24. The van der Waals surface area contributed by atoms with E-state index in [4.69, 9.17) is 10.5 Å². The summed E-state index contributed by atoms with van der Waals surface area (Å²) < 4.78 is 34.5. The molecule has 7 heteroatoms. The molecule has 0 aliphatic carbocycles. The first-order valence-electron chi connectivity index (χ1n) is 6.50. The van der Waals surface area contributed by atoms with Gasteiger partial charge in [0.2, 0.25) is 5.91 Å². The van der Waals surface area contributed by atoms with Crippen LogP contribution in [0.1, 0.15) is 19.4 Å². The second-order valence-electron chi connectivity index (χ2n) is 4.83. The summed E-state index contributed by atoms with van der Waals surface area (Å²) in [5.74, 6) is -0.360. The second kappa shape index (κ2) is 7.78. The minimum atomic E-state index is -2.96. The lowest BCUT2D eigenvalue weighted by Gasteiger charge is -2.20. The van der Waals surface area contributed by atoms with E-state index in [1.54, 1.807) is 12.1 Å². The molecule has 1 amide bonds. The Kier molecular flexibility index (Phi) is 6.36. The third-order valence-electron chi connectivity index (χ3n) is 2.97. The molecule has 1 rings (SSSR count). The molecule has 0 aliphatic rings. The number of hydrogen-bond donors (Lipinski definition) is 2. The van der Waals surface area contributed by atoms with Crippen LogP contribution in [0.25, 0.3) is 0 Å². The number of ether oxygens (including phenoxy) is 2. The Labute approximate surface area is 122 Å². The molecule has 0 bridgehead atoms. The Hall–Kier alpha value is -1.89. The van der Waals surface area contributed by atoms with Gasteiger partial charge >= 0.3 is 6.61 Å². The normalized spacial score (nSPS) is 12.5. The molecule has 3 N–H and O–H groups in total. The maximum Gasteiger partial charge on any atom is 0.387 e. The van der Waals surface area contributed by atoms with Crippen LogP contribution in [0.2, 0.25) is 0 Å². The van der Waals surface area contributed by atoms with Crippen molar-refractivity contribution in [2.75, 3.05) is 7.11 Å². The fraction of sp³-hybridized carbons (Fsp3) is 0.500. The Morgan fingerprint density at radius 2 is 2.05 bits per heavy atom. The minimum Gasteiger partial charge on any atom is -0.493 e. The van der Waals surface area contributed by atoms with Gasteiger partial charge in [-0.2, -0.15) is 8.78 Å². The zero-order chi connectivity index (χ0) is 16.0. The van der Waals surface area contributed by atoms with Gasteiger partial charge in [0.15, 0.2) is 11.5 Å². The number of amides is 1. The predicted molar refractivity (Wildman–Crippen MR) is 74.3 cm³/mol. The number of rotatable bonds is 8. The van der Waals surface area contributed by atoms with Crippen molar-refractivity contribution in [3.8, 4) is 11.5 Å². The number of benzene rings is 1. The van der Waals surface area contributed by atoms with Crippen LogP contribution in [0, 0.1) is 5.92 Å². The van der Waals surface area contributed by atoms with Gasteiger partial charge in [0.1, 0.15) is 0 Å². The zero-order valence-corrected chi connectivity index (χ0v) is 12.2. The first kappa shape index (κ1) is 17.2. The summed E-state index contributed by atoms with van der Waals surface area (Å²) in [4.78, 5) is 11.3. The van der Waals surface area contributed by atoms with Crippen LogP contribution in [-0.2, 0) is 11.3 Å². The van der Waals surface area contributed by atoms with Crippen LogP contribution in [0.3, 0.4) is 0 Å². The highest BCUT2D eigenvalue weighted by Crippen LogP contribution is 2.32. The maximum atomic E-state index is 12.5. The van der Waals surface area contributed by atoms with Crippen LogP contribution >= 0.6 is 0 Å². The highest BCUT2D eigenvalue weighted by molar-refractivity contribution is 5.80. The SMILES string of the molecule is COc1cccc(CNC(C(N)=O)C(C)C)c1OC(F)F. The highest BCUT2D eigenvalue weighted by atomic mass is 19.3. The molecule has 21 heavy (non-hydrogen) atoms. The minimum absolute atomic E-state index is 0.0208. The van der Waals surface area contributed by atoms with Crippen molar-refractivity contribution in [2.45, 2.75) is 33.0 Å². The number of hydrogen-bond acceptors (Lipinski definition) is 4. The number of halogens is 2. The van der Waals surface area contributed by atoms with E-state index in [9.17, 15) is 13.6 Å². The van der Waals surface area contributed by atoms with E-state index < -0.39 is 18.6 Å². The molecule has 0 fully saturated rings. The van der Waals surface area contributed by atoms with Gasteiger partial charge in [0.25, 0.3) is 0 Å². The first-order valence-corrected chi connectivity index (χ1v) is 6.50. The van der Waals surface area contributed by atoms with Crippen molar-refractivity contribution in [1.82, 2.24) is 5.32 Å². The molecule has 5 nitrogen and oxygen atoms in total. The van der Waals surface area contributed by atoms with E-state index >= 15 is 0 Å². The number of para-hydroxylation sites is 1. The molecule has 1 aromatic rings. The van der Waals surface area contributed by atoms with Crippen LogP contribution in [0.15, 0.2) is 18.2 Å². The van der Waals surface area contributed by atoms with E-state index in [-0.39, 0.29) is 24.0 Å². The van der Waals surface area contributed by atoms with Crippen molar-refractivity contribution in [3.05, 3.63) is 23.8 Å². The summed E-state index contributed by atoms with van der Waals surface area (Å²) in [7, 11) is 1.37. The van der Waals surface area contributed by atoms with E-state index in [0.717, 1.165) is 0 Å². The fourth-order valence-corrected chi connectivity index (χ4v) is 1.97. The van der Waals surface area contributed by atoms with Gasteiger partial charge in [0, 0.05) is 12.1 Å². The first-order chi connectivity index (χ1) is 9.86. The number of carbonyl (C=O) groups excluding carboxylic acids is 1. The highest BCUT2D eigenvalue weighted by Gasteiger charge is 2.21. The lowest BCUT2D eigenvalue weighted by Crippen LogP contribution is -2.44. The van der Waals surface area contributed by atoms with Crippen LogP contribution < -0.4 is 20.5 Å². The molecule has 0 saturated heterocycles. The van der Waals surface area contributed by atoms with Crippen LogP contribution in [0.4, 0.5) is 8.78 Å². The van der Waals surface area contributed by atoms with Crippen molar-refractivity contribution in [3.63, 3.8) is 0 Å². The molecular weight excluding hydrogens is 282 g/mol. The lowest BCUT2D eigenvalue weighted by molar-refractivity contribution is -0.121. The lowest BCUT2D eigenvalue weighted by atomic mass is 10.0. The fourth-order valence-electron chi connectivity index (χ4n) is 1.97. The average Bonchev–Trinajstić information content (AvgIpc) is 2.39. The third-order valence-corrected chi connectivity index (χ3v) is 2.97. The number of nitrogens with one attached hydrogen (secondary N) is 1. The molecule has 0 heterocycles. The number of methoxy groups -OCH3 is 1. The summed E-state index contributed by atoms with van der Waals surface area (Å²) >= 11 is 0. The van der Waals surface area contributed by atoms with E-state index in [1.807, 2.05) is 13.8 Å². The van der Waals surface area contributed by atoms with E-state index in [2.05, 4.69) is 10.1 Å². The van der Waals surface area contributed by atoms with Gasteiger partial charge in [-0.05, 0) is 12.0 Å². The molecule has 0 saturated carbocycles. The van der Waals surface area contributed by atoms with E-state index in [1.165, 1.54) is 13.2 Å². The summed E-state index contributed by atoms with van der Waals surface area (Å²) in [5.41, 5.74) is 5.76. The molecule has 1 atom stereocenters. The summed E-state index contributed by atoms with van der Waals surface area (Å²) in [6.07, 6.45) is 0.